The number of nitrogens with zero attached hydrogens (tertiary/aromatic N) is 5. The highest BCUT2D eigenvalue weighted by Gasteiger charge is 2.35. The van der Waals surface area contributed by atoms with Crippen LogP contribution in [0.2, 0.25) is 0 Å². The summed E-state index contributed by atoms with van der Waals surface area (Å²) in [6.45, 7) is 3.57. The van der Waals surface area contributed by atoms with Gasteiger partial charge in [-0.25, -0.2) is 9.97 Å². The number of ether oxygens (including phenoxy) is 2. The fourth-order valence-electron chi connectivity index (χ4n) is 4.95. The number of rotatable bonds is 4. The number of hydrogen-bond acceptors (Lipinski definition) is 7. The van der Waals surface area contributed by atoms with Crippen molar-refractivity contribution in [1.29, 1.82) is 5.26 Å². The number of fused-ring (bicyclic) bond motifs is 4. The smallest absolute Gasteiger partial charge is 0.162 e. The van der Waals surface area contributed by atoms with Crippen LogP contribution in [0.15, 0.2) is 54.9 Å². The molecule has 1 saturated heterocycles. The van der Waals surface area contributed by atoms with E-state index in [0.29, 0.717) is 36.9 Å². The third kappa shape index (κ3) is 3.42. The predicted octanol–water partition coefficient (Wildman–Crippen LogP) is 3.73. The van der Waals surface area contributed by atoms with Gasteiger partial charge in [-0.15, -0.1) is 0 Å². The van der Waals surface area contributed by atoms with Gasteiger partial charge in [0.25, 0.3) is 0 Å². The van der Waals surface area contributed by atoms with Crippen molar-refractivity contribution in [3.63, 3.8) is 0 Å². The van der Waals surface area contributed by atoms with Crippen molar-refractivity contribution in [2.45, 2.75) is 12.6 Å². The van der Waals surface area contributed by atoms with E-state index in [9.17, 15) is 5.26 Å². The van der Waals surface area contributed by atoms with E-state index in [2.05, 4.69) is 39.1 Å². The zero-order chi connectivity index (χ0) is 23.1. The fourth-order valence-corrected chi connectivity index (χ4v) is 4.95. The molecule has 0 bridgehead atoms. The Morgan fingerprint density at radius 1 is 1.26 bits per heavy atom. The molecule has 170 valence electrons. The molecular weight excluding hydrogens is 428 g/mol. The third-order valence-electron chi connectivity index (χ3n) is 6.63. The second-order valence-electron chi connectivity index (χ2n) is 8.59. The third-order valence-corrected chi connectivity index (χ3v) is 6.63. The Hall–Kier alpha value is -4.09. The SMILES string of the molecule is COc1cc(C#N)ccc1CN1CC2COCCN2c2nc(-c3cccc4[nH]ccc34)ncc21. The molecule has 2 aromatic heterocycles. The number of aromatic amines is 1. The van der Waals surface area contributed by atoms with E-state index >= 15 is 0 Å². The first-order valence-electron chi connectivity index (χ1n) is 11.3. The Kier molecular flexibility index (Phi) is 5.04. The lowest BCUT2D eigenvalue weighted by molar-refractivity contribution is 0.0936. The number of hydrogen-bond donors (Lipinski definition) is 1. The summed E-state index contributed by atoms with van der Waals surface area (Å²) in [5.74, 6) is 2.36. The molecule has 8 nitrogen and oxygen atoms in total. The molecule has 1 fully saturated rings. The van der Waals surface area contributed by atoms with Gasteiger partial charge in [0.2, 0.25) is 0 Å². The first-order valence-corrected chi connectivity index (χ1v) is 11.3. The van der Waals surface area contributed by atoms with E-state index in [1.807, 2.05) is 30.6 Å². The van der Waals surface area contributed by atoms with Crippen molar-refractivity contribution in [3.8, 4) is 23.2 Å². The molecule has 0 saturated carbocycles. The minimum Gasteiger partial charge on any atom is -0.496 e. The summed E-state index contributed by atoms with van der Waals surface area (Å²) < 4.78 is 11.4. The van der Waals surface area contributed by atoms with E-state index in [4.69, 9.17) is 19.4 Å². The first kappa shape index (κ1) is 20.5. The van der Waals surface area contributed by atoms with Crippen molar-refractivity contribution in [1.82, 2.24) is 15.0 Å². The van der Waals surface area contributed by atoms with E-state index in [1.165, 1.54) is 0 Å². The van der Waals surface area contributed by atoms with Crippen LogP contribution in [0.1, 0.15) is 11.1 Å². The van der Waals surface area contributed by atoms with Gasteiger partial charge in [-0.2, -0.15) is 5.26 Å². The lowest BCUT2D eigenvalue weighted by Crippen LogP contribution is -2.55. The van der Waals surface area contributed by atoms with Crippen LogP contribution in [0.3, 0.4) is 0 Å². The molecule has 2 aromatic carbocycles. The van der Waals surface area contributed by atoms with Crippen LogP contribution < -0.4 is 14.5 Å². The van der Waals surface area contributed by atoms with Crippen LogP contribution in [0, 0.1) is 11.3 Å². The second kappa shape index (κ2) is 8.36. The number of methoxy groups -OCH3 is 1. The zero-order valence-electron chi connectivity index (χ0n) is 18.9. The van der Waals surface area contributed by atoms with E-state index < -0.39 is 0 Å². The Labute approximate surface area is 197 Å². The number of benzene rings is 2. The van der Waals surface area contributed by atoms with E-state index in [1.54, 1.807) is 13.2 Å². The number of morpholine rings is 1. The van der Waals surface area contributed by atoms with Gasteiger partial charge in [0, 0.05) is 47.9 Å². The number of anilines is 2. The molecular formula is C26H24N6O2. The number of nitriles is 1. The zero-order valence-corrected chi connectivity index (χ0v) is 18.9. The van der Waals surface area contributed by atoms with Crippen LogP contribution >= 0.6 is 0 Å². The summed E-state index contributed by atoms with van der Waals surface area (Å²) in [5, 5.41) is 10.4. The minimum absolute atomic E-state index is 0.205. The maximum atomic E-state index is 9.25. The molecule has 1 atom stereocenters. The number of nitrogens with one attached hydrogen (secondary N) is 1. The Morgan fingerprint density at radius 2 is 2.21 bits per heavy atom. The van der Waals surface area contributed by atoms with E-state index in [0.717, 1.165) is 46.6 Å². The normalized spacial score (nSPS) is 17.2. The summed E-state index contributed by atoms with van der Waals surface area (Å²) in [7, 11) is 1.64. The van der Waals surface area contributed by atoms with Gasteiger partial charge >= 0.3 is 0 Å². The van der Waals surface area contributed by atoms with Gasteiger partial charge in [-0.05, 0) is 24.3 Å². The van der Waals surface area contributed by atoms with Crippen molar-refractivity contribution >= 4 is 22.4 Å². The van der Waals surface area contributed by atoms with Crippen molar-refractivity contribution < 1.29 is 9.47 Å². The van der Waals surface area contributed by atoms with Crippen molar-refractivity contribution in [2.24, 2.45) is 0 Å². The highest BCUT2D eigenvalue weighted by Crippen LogP contribution is 2.38. The van der Waals surface area contributed by atoms with Gasteiger partial charge in [-0.3, -0.25) is 0 Å². The van der Waals surface area contributed by atoms with Gasteiger partial charge in [0.05, 0.1) is 49.9 Å². The van der Waals surface area contributed by atoms with Crippen molar-refractivity contribution in [2.75, 3.05) is 43.2 Å². The number of aromatic nitrogens is 3. The second-order valence-corrected chi connectivity index (χ2v) is 8.59. The maximum absolute atomic E-state index is 9.25. The monoisotopic (exact) mass is 452 g/mol. The summed E-state index contributed by atoms with van der Waals surface area (Å²) in [4.78, 5) is 17.8. The quantitative estimate of drug-likeness (QED) is 0.505. The molecule has 2 aliphatic heterocycles. The molecule has 1 N–H and O–H groups in total. The van der Waals surface area contributed by atoms with Crippen molar-refractivity contribution in [3.05, 3.63) is 66.0 Å². The predicted molar refractivity (Wildman–Crippen MR) is 130 cm³/mol. The lowest BCUT2D eigenvalue weighted by atomic mass is 10.1. The lowest BCUT2D eigenvalue weighted by Gasteiger charge is -2.45. The molecule has 34 heavy (non-hydrogen) atoms. The standard InChI is InChI=1S/C26H24N6O2/c1-33-24-11-17(12-27)5-6-18(24)14-31-15-19-16-34-10-9-32(19)26-23(31)13-29-25(30-26)21-3-2-4-22-20(21)7-8-28-22/h2-8,11,13,19,28H,9-10,14-16H2,1H3. The van der Waals surface area contributed by atoms with Gasteiger partial charge in [-0.1, -0.05) is 18.2 Å². The molecule has 6 rings (SSSR count). The minimum atomic E-state index is 0.205. The Balaban J connectivity index is 1.42. The van der Waals surface area contributed by atoms with Gasteiger partial charge < -0.3 is 24.3 Å². The van der Waals surface area contributed by atoms with Crippen LogP contribution in [-0.4, -0.2) is 54.4 Å². The Bertz CT molecular complexity index is 1410. The van der Waals surface area contributed by atoms with Crippen LogP contribution in [-0.2, 0) is 11.3 Å². The molecule has 4 aromatic rings. The van der Waals surface area contributed by atoms with Gasteiger partial charge in [0.15, 0.2) is 11.6 Å². The molecule has 0 amide bonds. The largest absolute Gasteiger partial charge is 0.496 e. The fraction of sp³-hybridized carbons (Fsp3) is 0.269. The summed E-state index contributed by atoms with van der Waals surface area (Å²) in [6.07, 6.45) is 3.88. The van der Waals surface area contributed by atoms with Gasteiger partial charge in [0.1, 0.15) is 5.75 Å². The molecule has 1 unspecified atom stereocenters. The van der Waals surface area contributed by atoms with Crippen LogP contribution in [0.25, 0.3) is 22.3 Å². The molecule has 0 aliphatic carbocycles. The van der Waals surface area contributed by atoms with Crippen LogP contribution in [0.5, 0.6) is 5.75 Å². The topological polar surface area (TPSA) is 90.3 Å². The average molecular weight is 453 g/mol. The summed E-state index contributed by atoms with van der Waals surface area (Å²) in [5.41, 5.74) is 4.67. The maximum Gasteiger partial charge on any atom is 0.162 e. The van der Waals surface area contributed by atoms with Crippen LogP contribution in [0.4, 0.5) is 11.5 Å². The highest BCUT2D eigenvalue weighted by atomic mass is 16.5. The molecule has 2 aliphatic rings. The van der Waals surface area contributed by atoms with E-state index in [-0.39, 0.29) is 6.04 Å². The molecule has 0 spiro atoms. The summed E-state index contributed by atoms with van der Waals surface area (Å²) >= 11 is 0. The molecule has 4 heterocycles. The first-order chi connectivity index (χ1) is 16.7. The highest BCUT2D eigenvalue weighted by molar-refractivity contribution is 5.93. The molecule has 0 radical (unpaired) electrons. The molecule has 8 heteroatoms. The Morgan fingerprint density at radius 3 is 3.09 bits per heavy atom. The number of H-pyrrole nitrogens is 1. The average Bonchev–Trinajstić information content (AvgIpc) is 3.38. The summed E-state index contributed by atoms with van der Waals surface area (Å²) in [6, 6.07) is 16.2.